The summed E-state index contributed by atoms with van der Waals surface area (Å²) in [7, 11) is 0. The molecule has 0 aromatic heterocycles. The number of anilines is 1. The summed E-state index contributed by atoms with van der Waals surface area (Å²) in [6.45, 7) is 2.11. The fourth-order valence-electron chi connectivity index (χ4n) is 1.34. The molecule has 1 aromatic carbocycles. The Bertz CT molecular complexity index is 449. The fourth-order valence-corrected chi connectivity index (χ4v) is 1.34. The van der Waals surface area contributed by atoms with E-state index >= 15 is 0 Å². The van der Waals surface area contributed by atoms with Gasteiger partial charge in [-0.3, -0.25) is 9.59 Å². The monoisotopic (exact) mass is 254 g/mol. The van der Waals surface area contributed by atoms with E-state index < -0.39 is 17.7 Å². The third-order valence-electron chi connectivity index (χ3n) is 2.22. The summed E-state index contributed by atoms with van der Waals surface area (Å²) in [6.07, 6.45) is 0.0643. The molecule has 0 aliphatic heterocycles. The van der Waals surface area contributed by atoms with Crippen LogP contribution in [0.1, 0.15) is 23.7 Å². The van der Waals surface area contributed by atoms with Crippen LogP contribution < -0.4 is 11.1 Å². The Balaban J connectivity index is 2.51. The number of benzene rings is 1. The molecule has 1 amide bonds. The average molecular weight is 254 g/mol. The Hall–Kier alpha value is -2.11. The standard InChI is InChI=1S/C12H15FN2O3/c1-2-18-10(16)6-7-15-12(17)8-4-3-5-9(13)11(8)14/h3-5H,2,6-7,14H2,1H3,(H,15,17). The molecule has 0 aliphatic rings. The largest absolute Gasteiger partial charge is 0.466 e. The van der Waals surface area contributed by atoms with Crippen molar-refractivity contribution in [1.82, 2.24) is 5.32 Å². The van der Waals surface area contributed by atoms with E-state index in [2.05, 4.69) is 5.32 Å². The van der Waals surface area contributed by atoms with Crippen LogP contribution in [0.15, 0.2) is 18.2 Å². The molecule has 1 rings (SSSR count). The van der Waals surface area contributed by atoms with Gasteiger partial charge in [-0.1, -0.05) is 6.07 Å². The molecule has 18 heavy (non-hydrogen) atoms. The van der Waals surface area contributed by atoms with Gasteiger partial charge in [0, 0.05) is 6.54 Å². The Morgan fingerprint density at radius 3 is 2.83 bits per heavy atom. The molecular formula is C12H15FN2O3. The minimum Gasteiger partial charge on any atom is -0.466 e. The van der Waals surface area contributed by atoms with Gasteiger partial charge in [0.25, 0.3) is 5.91 Å². The summed E-state index contributed by atoms with van der Waals surface area (Å²) in [6, 6.07) is 3.98. The van der Waals surface area contributed by atoms with Crippen molar-refractivity contribution in [1.29, 1.82) is 0 Å². The molecule has 3 N–H and O–H groups in total. The van der Waals surface area contributed by atoms with Crippen LogP contribution in [-0.2, 0) is 9.53 Å². The molecular weight excluding hydrogens is 239 g/mol. The van der Waals surface area contributed by atoms with Crippen LogP contribution in [0.2, 0.25) is 0 Å². The van der Waals surface area contributed by atoms with Crippen LogP contribution in [0, 0.1) is 5.82 Å². The lowest BCUT2D eigenvalue weighted by Gasteiger charge is -2.07. The number of amides is 1. The predicted molar refractivity (Wildman–Crippen MR) is 64.4 cm³/mol. The third kappa shape index (κ3) is 3.73. The van der Waals surface area contributed by atoms with Crippen LogP contribution >= 0.6 is 0 Å². The molecule has 0 aliphatic carbocycles. The molecule has 0 saturated heterocycles. The van der Waals surface area contributed by atoms with Gasteiger partial charge in [0.1, 0.15) is 5.82 Å². The summed E-state index contributed by atoms with van der Waals surface area (Å²) in [5.74, 6) is -1.56. The van der Waals surface area contributed by atoms with E-state index in [1.165, 1.54) is 18.2 Å². The lowest BCUT2D eigenvalue weighted by atomic mass is 10.1. The maximum Gasteiger partial charge on any atom is 0.307 e. The van der Waals surface area contributed by atoms with Gasteiger partial charge in [-0.25, -0.2) is 4.39 Å². The molecule has 0 radical (unpaired) electrons. The highest BCUT2D eigenvalue weighted by Gasteiger charge is 2.12. The Kier molecular flexibility index (Phi) is 5.10. The minimum atomic E-state index is -0.645. The first-order valence-corrected chi connectivity index (χ1v) is 5.54. The van der Waals surface area contributed by atoms with Crippen LogP contribution in [0.4, 0.5) is 10.1 Å². The number of ether oxygens (including phenoxy) is 1. The molecule has 0 spiro atoms. The van der Waals surface area contributed by atoms with Gasteiger partial charge >= 0.3 is 5.97 Å². The van der Waals surface area contributed by atoms with Crippen LogP contribution in [-0.4, -0.2) is 25.0 Å². The van der Waals surface area contributed by atoms with E-state index in [0.717, 1.165) is 0 Å². The highest BCUT2D eigenvalue weighted by atomic mass is 19.1. The Morgan fingerprint density at radius 1 is 1.44 bits per heavy atom. The SMILES string of the molecule is CCOC(=O)CCNC(=O)c1cccc(F)c1N. The summed E-state index contributed by atoms with van der Waals surface area (Å²) < 4.78 is 17.8. The third-order valence-corrected chi connectivity index (χ3v) is 2.22. The van der Waals surface area contributed by atoms with Crippen LogP contribution in [0.3, 0.4) is 0 Å². The predicted octanol–water partition coefficient (Wildman–Crippen LogP) is 1.09. The van der Waals surface area contributed by atoms with Crippen molar-refractivity contribution < 1.29 is 18.7 Å². The first-order valence-electron chi connectivity index (χ1n) is 5.54. The zero-order valence-corrected chi connectivity index (χ0v) is 10.0. The second-order valence-corrected chi connectivity index (χ2v) is 3.51. The number of halogens is 1. The van der Waals surface area contributed by atoms with Crippen molar-refractivity contribution >= 4 is 17.6 Å². The first-order chi connectivity index (χ1) is 8.56. The number of carbonyl (C=O) groups excluding carboxylic acids is 2. The number of hydrogen-bond acceptors (Lipinski definition) is 4. The van der Waals surface area contributed by atoms with Gasteiger partial charge in [0.2, 0.25) is 0 Å². The molecule has 0 bridgehead atoms. The van der Waals surface area contributed by atoms with Gasteiger partial charge in [0.05, 0.1) is 24.3 Å². The highest BCUT2D eigenvalue weighted by molar-refractivity contribution is 5.99. The van der Waals surface area contributed by atoms with Gasteiger partial charge < -0.3 is 15.8 Å². The lowest BCUT2D eigenvalue weighted by Crippen LogP contribution is -2.27. The second-order valence-electron chi connectivity index (χ2n) is 3.51. The topological polar surface area (TPSA) is 81.4 Å². The summed E-state index contributed by atoms with van der Waals surface area (Å²) in [4.78, 5) is 22.7. The van der Waals surface area contributed by atoms with Crippen molar-refractivity contribution in [2.45, 2.75) is 13.3 Å². The quantitative estimate of drug-likeness (QED) is 0.608. The minimum absolute atomic E-state index is 0.0545. The van der Waals surface area contributed by atoms with Crippen molar-refractivity contribution in [3.63, 3.8) is 0 Å². The van der Waals surface area contributed by atoms with Crippen molar-refractivity contribution in [2.75, 3.05) is 18.9 Å². The summed E-state index contributed by atoms with van der Waals surface area (Å²) in [5, 5.41) is 2.47. The molecule has 0 atom stereocenters. The van der Waals surface area contributed by atoms with E-state index in [9.17, 15) is 14.0 Å². The van der Waals surface area contributed by atoms with E-state index in [1.807, 2.05) is 0 Å². The average Bonchev–Trinajstić information content (AvgIpc) is 2.33. The van der Waals surface area contributed by atoms with Gasteiger partial charge in [0.15, 0.2) is 0 Å². The van der Waals surface area contributed by atoms with E-state index in [0.29, 0.717) is 6.61 Å². The Labute approximate surface area is 104 Å². The van der Waals surface area contributed by atoms with Gasteiger partial charge in [-0.05, 0) is 19.1 Å². The number of nitrogens with two attached hydrogens (primary N) is 1. The fraction of sp³-hybridized carbons (Fsp3) is 0.333. The normalized spacial score (nSPS) is 9.89. The highest BCUT2D eigenvalue weighted by Crippen LogP contribution is 2.15. The maximum absolute atomic E-state index is 13.1. The summed E-state index contributed by atoms with van der Waals surface area (Å²) >= 11 is 0. The molecule has 5 nitrogen and oxygen atoms in total. The van der Waals surface area contributed by atoms with Crippen molar-refractivity contribution in [2.24, 2.45) is 0 Å². The van der Waals surface area contributed by atoms with Crippen molar-refractivity contribution in [3.8, 4) is 0 Å². The van der Waals surface area contributed by atoms with Gasteiger partial charge in [-0.2, -0.15) is 0 Å². The number of carbonyl (C=O) groups is 2. The molecule has 98 valence electrons. The second kappa shape index (κ2) is 6.58. The summed E-state index contributed by atoms with van der Waals surface area (Å²) in [5.41, 5.74) is 5.29. The van der Waals surface area contributed by atoms with Gasteiger partial charge in [-0.15, -0.1) is 0 Å². The van der Waals surface area contributed by atoms with E-state index in [4.69, 9.17) is 10.5 Å². The van der Waals surface area contributed by atoms with E-state index in [-0.39, 0.29) is 24.2 Å². The number of hydrogen-bond donors (Lipinski definition) is 2. The number of nitrogen functional groups attached to an aromatic ring is 1. The van der Waals surface area contributed by atoms with Crippen molar-refractivity contribution in [3.05, 3.63) is 29.6 Å². The van der Waals surface area contributed by atoms with Crippen LogP contribution in [0.5, 0.6) is 0 Å². The zero-order valence-electron chi connectivity index (χ0n) is 10.0. The molecule has 6 heteroatoms. The zero-order chi connectivity index (χ0) is 13.5. The lowest BCUT2D eigenvalue weighted by molar-refractivity contribution is -0.142. The Morgan fingerprint density at radius 2 is 2.17 bits per heavy atom. The van der Waals surface area contributed by atoms with Crippen LogP contribution in [0.25, 0.3) is 0 Å². The molecule has 0 fully saturated rings. The number of para-hydroxylation sites is 1. The molecule has 0 heterocycles. The van der Waals surface area contributed by atoms with E-state index in [1.54, 1.807) is 6.92 Å². The smallest absolute Gasteiger partial charge is 0.307 e. The number of esters is 1. The number of rotatable bonds is 5. The number of nitrogens with one attached hydrogen (secondary N) is 1. The molecule has 0 saturated carbocycles. The first kappa shape index (κ1) is 14.0. The molecule has 1 aromatic rings. The molecule has 0 unspecified atom stereocenters. The maximum atomic E-state index is 13.1.